The van der Waals surface area contributed by atoms with Crippen LogP contribution in [0.3, 0.4) is 0 Å². The summed E-state index contributed by atoms with van der Waals surface area (Å²) in [5.74, 6) is 0.0751. The van der Waals surface area contributed by atoms with Crippen LogP contribution in [0.2, 0.25) is 0 Å². The van der Waals surface area contributed by atoms with E-state index in [0.29, 0.717) is 0 Å². The Labute approximate surface area is 371 Å². The predicted molar refractivity (Wildman–Crippen MR) is 266 cm³/mol. The highest BCUT2D eigenvalue weighted by atomic mass is 16.3. The van der Waals surface area contributed by atoms with Crippen LogP contribution < -0.4 is 4.90 Å². The zero-order valence-electron chi connectivity index (χ0n) is 34.9. The summed E-state index contributed by atoms with van der Waals surface area (Å²) in [6.07, 6.45) is 0. The van der Waals surface area contributed by atoms with Gasteiger partial charge in [0.1, 0.15) is 22.3 Å². The SMILES string of the molecule is c1ccc(C(c2ccc(-c3ccc(N(c4ccccc4)c4ccc(-c5cccc6c5oc5ccccc56)cc4)cc3)cc2)c2ccc(-c3cccc4c3oc3ccccc34)cc2)cc1. The Kier molecular flexibility index (Phi) is 9.23. The first-order valence-corrected chi connectivity index (χ1v) is 21.9. The van der Waals surface area contributed by atoms with E-state index in [1.54, 1.807) is 0 Å². The van der Waals surface area contributed by atoms with Gasteiger partial charge in [-0.3, -0.25) is 0 Å². The molecule has 12 aromatic rings. The third kappa shape index (κ3) is 6.63. The van der Waals surface area contributed by atoms with Crippen molar-refractivity contribution in [3.8, 4) is 33.4 Å². The van der Waals surface area contributed by atoms with Gasteiger partial charge in [0.25, 0.3) is 0 Å². The lowest BCUT2D eigenvalue weighted by molar-refractivity contribution is 0.669. The van der Waals surface area contributed by atoms with E-state index < -0.39 is 0 Å². The van der Waals surface area contributed by atoms with Crippen molar-refractivity contribution in [2.24, 2.45) is 0 Å². The number of rotatable bonds is 9. The summed E-state index contributed by atoms with van der Waals surface area (Å²) in [6.45, 7) is 0. The molecule has 0 N–H and O–H groups in total. The zero-order valence-corrected chi connectivity index (χ0v) is 34.9. The minimum atomic E-state index is 0.0751. The van der Waals surface area contributed by atoms with Gasteiger partial charge in [-0.1, -0.05) is 194 Å². The minimum absolute atomic E-state index is 0.0751. The van der Waals surface area contributed by atoms with Crippen molar-refractivity contribution >= 4 is 60.9 Å². The molecule has 3 nitrogen and oxygen atoms in total. The Morgan fingerprint density at radius 2 is 0.625 bits per heavy atom. The highest BCUT2D eigenvalue weighted by Gasteiger charge is 2.20. The molecule has 0 aliphatic rings. The number of nitrogens with zero attached hydrogens (tertiary/aromatic N) is 1. The van der Waals surface area contributed by atoms with Crippen molar-refractivity contribution in [3.05, 3.63) is 259 Å². The smallest absolute Gasteiger partial charge is 0.143 e. The van der Waals surface area contributed by atoms with Gasteiger partial charge < -0.3 is 13.7 Å². The lowest BCUT2D eigenvalue weighted by Gasteiger charge is -2.26. The Hall–Kier alpha value is -8.40. The van der Waals surface area contributed by atoms with Gasteiger partial charge in [-0.25, -0.2) is 0 Å². The summed E-state index contributed by atoms with van der Waals surface area (Å²) in [4.78, 5) is 2.31. The molecular weight excluding hydrogens is 779 g/mol. The van der Waals surface area contributed by atoms with Crippen LogP contribution in [-0.2, 0) is 0 Å². The molecule has 1 unspecified atom stereocenters. The summed E-state index contributed by atoms with van der Waals surface area (Å²) in [6, 6.07) is 86.5. The lowest BCUT2D eigenvalue weighted by Crippen LogP contribution is -2.09. The fourth-order valence-corrected chi connectivity index (χ4v) is 9.51. The van der Waals surface area contributed by atoms with Crippen molar-refractivity contribution in [3.63, 3.8) is 0 Å². The summed E-state index contributed by atoms with van der Waals surface area (Å²) >= 11 is 0. The standard InChI is InChI=1S/C61H41NO2/c1-3-13-45(14-4-1)59(47-31-27-43(28-32-47)51-19-11-21-55-53-17-7-9-23-57(53)63-60(51)55)46-29-25-41(26-30-46)42-33-37-49(38-34-42)62(48-15-5-2-6-16-48)50-39-35-44(36-40-50)52-20-12-22-56-54-18-8-10-24-58(54)64-61(52)56/h1-40,59H. The highest BCUT2D eigenvalue weighted by Crippen LogP contribution is 2.41. The first-order valence-electron chi connectivity index (χ1n) is 21.9. The third-order valence-corrected chi connectivity index (χ3v) is 12.7. The Balaban J connectivity index is 0.835. The molecule has 0 saturated heterocycles. The van der Waals surface area contributed by atoms with Gasteiger partial charge in [-0.2, -0.15) is 0 Å². The first kappa shape index (κ1) is 37.4. The lowest BCUT2D eigenvalue weighted by atomic mass is 9.84. The summed E-state index contributed by atoms with van der Waals surface area (Å²) < 4.78 is 12.8. The molecule has 2 heterocycles. The van der Waals surface area contributed by atoms with Gasteiger partial charge in [-0.05, 0) is 87.5 Å². The van der Waals surface area contributed by atoms with Crippen LogP contribution in [0, 0.1) is 0 Å². The van der Waals surface area contributed by atoms with E-state index in [9.17, 15) is 0 Å². The van der Waals surface area contributed by atoms with Crippen LogP contribution in [0.4, 0.5) is 17.1 Å². The molecule has 0 saturated carbocycles. The summed E-state index contributed by atoms with van der Waals surface area (Å²) in [7, 11) is 0. The fourth-order valence-electron chi connectivity index (χ4n) is 9.51. The van der Waals surface area contributed by atoms with Crippen LogP contribution in [-0.4, -0.2) is 0 Å². The molecular formula is C61H41NO2. The van der Waals surface area contributed by atoms with Crippen molar-refractivity contribution < 1.29 is 8.83 Å². The molecule has 1 atom stereocenters. The van der Waals surface area contributed by atoms with Gasteiger partial charge in [0, 0.05) is 55.7 Å². The monoisotopic (exact) mass is 819 g/mol. The average Bonchev–Trinajstić information content (AvgIpc) is 3.95. The van der Waals surface area contributed by atoms with E-state index in [2.05, 4.69) is 223 Å². The van der Waals surface area contributed by atoms with Gasteiger partial charge in [0.15, 0.2) is 0 Å². The molecule has 64 heavy (non-hydrogen) atoms. The first-order chi connectivity index (χ1) is 31.7. The summed E-state index contributed by atoms with van der Waals surface area (Å²) in [5.41, 5.74) is 17.4. The number of para-hydroxylation sites is 5. The number of benzene rings is 10. The molecule has 302 valence electrons. The number of fused-ring (bicyclic) bond motifs is 6. The van der Waals surface area contributed by atoms with Crippen molar-refractivity contribution in [1.29, 1.82) is 0 Å². The Morgan fingerprint density at radius 3 is 1.12 bits per heavy atom. The van der Waals surface area contributed by atoms with E-state index in [1.807, 2.05) is 24.3 Å². The number of anilines is 3. The molecule has 0 amide bonds. The molecule has 2 aromatic heterocycles. The predicted octanol–water partition coefficient (Wildman–Crippen LogP) is 17.1. The van der Waals surface area contributed by atoms with Crippen LogP contribution in [0.25, 0.3) is 77.3 Å². The molecule has 0 aliphatic heterocycles. The van der Waals surface area contributed by atoms with E-state index in [-0.39, 0.29) is 5.92 Å². The second kappa shape index (κ2) is 15.8. The van der Waals surface area contributed by atoms with Gasteiger partial charge in [0.05, 0.1) is 0 Å². The van der Waals surface area contributed by atoms with Crippen molar-refractivity contribution in [2.45, 2.75) is 5.92 Å². The fraction of sp³-hybridized carbons (Fsp3) is 0.0164. The maximum atomic E-state index is 6.39. The molecule has 12 rings (SSSR count). The van der Waals surface area contributed by atoms with Crippen LogP contribution in [0.15, 0.2) is 251 Å². The van der Waals surface area contributed by atoms with Crippen LogP contribution in [0.1, 0.15) is 22.6 Å². The highest BCUT2D eigenvalue weighted by molar-refractivity contribution is 6.10. The largest absolute Gasteiger partial charge is 0.455 e. The third-order valence-electron chi connectivity index (χ3n) is 12.7. The quantitative estimate of drug-likeness (QED) is 0.136. The molecule has 0 fully saturated rings. The summed E-state index contributed by atoms with van der Waals surface area (Å²) in [5, 5.41) is 4.55. The second-order valence-electron chi connectivity index (χ2n) is 16.4. The maximum absolute atomic E-state index is 6.39. The average molecular weight is 820 g/mol. The van der Waals surface area contributed by atoms with E-state index >= 15 is 0 Å². The molecule has 0 bridgehead atoms. The number of hydrogen-bond donors (Lipinski definition) is 0. The minimum Gasteiger partial charge on any atom is -0.455 e. The number of furan rings is 2. The van der Waals surface area contributed by atoms with E-state index in [0.717, 1.165) is 88.8 Å². The maximum Gasteiger partial charge on any atom is 0.143 e. The molecule has 10 aromatic carbocycles. The van der Waals surface area contributed by atoms with E-state index in [1.165, 1.54) is 22.3 Å². The van der Waals surface area contributed by atoms with Crippen molar-refractivity contribution in [1.82, 2.24) is 0 Å². The van der Waals surface area contributed by atoms with Crippen LogP contribution >= 0.6 is 0 Å². The second-order valence-corrected chi connectivity index (χ2v) is 16.4. The Morgan fingerprint density at radius 1 is 0.266 bits per heavy atom. The topological polar surface area (TPSA) is 29.5 Å². The normalized spacial score (nSPS) is 12.0. The Bertz CT molecular complexity index is 3330. The van der Waals surface area contributed by atoms with Gasteiger partial charge in [0.2, 0.25) is 0 Å². The van der Waals surface area contributed by atoms with Gasteiger partial charge >= 0.3 is 0 Å². The van der Waals surface area contributed by atoms with Gasteiger partial charge in [-0.15, -0.1) is 0 Å². The molecule has 0 radical (unpaired) electrons. The number of hydrogen-bond acceptors (Lipinski definition) is 3. The molecule has 3 heteroatoms. The molecule has 0 spiro atoms. The van der Waals surface area contributed by atoms with Crippen molar-refractivity contribution in [2.75, 3.05) is 4.90 Å². The zero-order chi connectivity index (χ0) is 42.4. The molecule has 0 aliphatic carbocycles. The van der Waals surface area contributed by atoms with E-state index in [4.69, 9.17) is 8.83 Å². The van der Waals surface area contributed by atoms with Crippen LogP contribution in [0.5, 0.6) is 0 Å².